The van der Waals surface area contributed by atoms with E-state index in [1.165, 1.54) is 0 Å². The molecule has 3 heterocycles. The van der Waals surface area contributed by atoms with Crippen LogP contribution in [0.1, 0.15) is 62.2 Å². The first kappa shape index (κ1) is 18.5. The highest BCUT2D eigenvalue weighted by atomic mass is 16.6. The third-order valence-electron chi connectivity index (χ3n) is 6.60. The summed E-state index contributed by atoms with van der Waals surface area (Å²) in [5.41, 5.74) is 2.89. The number of aliphatic hydroxyl groups excluding tert-OH is 1. The predicted octanol–water partition coefficient (Wildman–Crippen LogP) is 2.56. The van der Waals surface area contributed by atoms with Crippen LogP contribution in [0.2, 0.25) is 0 Å². The molecule has 1 aliphatic heterocycles. The third kappa shape index (κ3) is 3.29. The smallest absolute Gasteiger partial charge is 0.410 e. The Balaban J connectivity index is 1.36. The summed E-state index contributed by atoms with van der Waals surface area (Å²) in [7, 11) is 0. The summed E-state index contributed by atoms with van der Waals surface area (Å²) in [6.45, 7) is 3.20. The minimum absolute atomic E-state index is 0.130. The summed E-state index contributed by atoms with van der Waals surface area (Å²) in [4.78, 5) is 18.7. The molecule has 1 amide bonds. The molecule has 2 aromatic rings. The van der Waals surface area contributed by atoms with Gasteiger partial charge in [-0.2, -0.15) is 0 Å². The summed E-state index contributed by atoms with van der Waals surface area (Å²) in [5, 5.41) is 18.7. The van der Waals surface area contributed by atoms with E-state index in [4.69, 9.17) is 4.74 Å². The predicted molar refractivity (Wildman–Crippen MR) is 106 cm³/mol. The number of aliphatic hydroxyl groups is 1. The van der Waals surface area contributed by atoms with Crippen LogP contribution in [0.5, 0.6) is 0 Å². The van der Waals surface area contributed by atoms with Crippen LogP contribution in [0.4, 0.5) is 4.79 Å². The van der Waals surface area contributed by atoms with Crippen molar-refractivity contribution in [2.45, 2.75) is 63.6 Å². The molecule has 1 saturated carbocycles. The Morgan fingerprint density at radius 3 is 3.07 bits per heavy atom. The van der Waals surface area contributed by atoms with E-state index < -0.39 is 6.10 Å². The molecule has 2 aromatic heterocycles. The van der Waals surface area contributed by atoms with Crippen molar-refractivity contribution in [2.75, 3.05) is 13.1 Å². The number of fused-ring (bicyclic) bond motifs is 3. The van der Waals surface area contributed by atoms with Gasteiger partial charge in [-0.3, -0.25) is 9.38 Å². The topological polar surface area (TPSA) is 92.8 Å². The van der Waals surface area contributed by atoms with E-state index in [2.05, 4.69) is 38.7 Å². The van der Waals surface area contributed by atoms with Crippen LogP contribution in [0.3, 0.4) is 0 Å². The zero-order chi connectivity index (χ0) is 20.0. The number of rotatable bonds is 3. The molecule has 2 fully saturated rings. The zero-order valence-electron chi connectivity index (χ0n) is 16.7. The maximum absolute atomic E-state index is 12.6. The molecule has 0 spiro atoms. The number of likely N-dealkylation sites (tertiary alicyclic amines) is 1. The fourth-order valence-corrected chi connectivity index (χ4v) is 5.10. The fourth-order valence-electron chi connectivity index (χ4n) is 5.10. The maximum atomic E-state index is 12.6. The maximum Gasteiger partial charge on any atom is 0.410 e. The second-order valence-corrected chi connectivity index (χ2v) is 8.44. The van der Waals surface area contributed by atoms with E-state index in [9.17, 15) is 9.90 Å². The number of allylic oxidation sites excluding steroid dienone is 1. The molecule has 1 saturated heterocycles. The van der Waals surface area contributed by atoms with Gasteiger partial charge in [0.1, 0.15) is 11.9 Å². The first-order valence-corrected chi connectivity index (χ1v) is 10.7. The molecule has 8 heteroatoms. The molecule has 0 bridgehead atoms. The first-order valence-electron chi connectivity index (χ1n) is 10.7. The third-order valence-corrected chi connectivity index (χ3v) is 6.60. The Labute approximate surface area is 169 Å². The second kappa shape index (κ2) is 7.40. The zero-order valence-corrected chi connectivity index (χ0v) is 16.7. The summed E-state index contributed by atoms with van der Waals surface area (Å²) in [6.07, 6.45) is 10.1. The van der Waals surface area contributed by atoms with Gasteiger partial charge < -0.3 is 14.7 Å². The molecule has 2 aliphatic carbocycles. The Morgan fingerprint density at radius 2 is 2.24 bits per heavy atom. The van der Waals surface area contributed by atoms with Crippen molar-refractivity contribution in [3.63, 3.8) is 0 Å². The summed E-state index contributed by atoms with van der Waals surface area (Å²) in [5.74, 6) is 1.53. The van der Waals surface area contributed by atoms with Gasteiger partial charge in [0.15, 0.2) is 5.65 Å². The van der Waals surface area contributed by atoms with Gasteiger partial charge >= 0.3 is 6.09 Å². The summed E-state index contributed by atoms with van der Waals surface area (Å²) in [6, 6.07) is 0. The van der Waals surface area contributed by atoms with Crippen LogP contribution in [0, 0.1) is 5.92 Å². The molecular weight excluding hydrogens is 370 g/mol. The molecule has 3 aliphatic rings. The highest BCUT2D eigenvalue weighted by Gasteiger charge is 2.40. The molecule has 1 N–H and O–H groups in total. The molecule has 5 rings (SSSR count). The van der Waals surface area contributed by atoms with E-state index in [-0.39, 0.29) is 18.1 Å². The van der Waals surface area contributed by atoms with Crippen molar-refractivity contribution in [3.05, 3.63) is 29.5 Å². The highest BCUT2D eigenvalue weighted by molar-refractivity contribution is 5.68. The SMILES string of the molecule is CC[C@@H]1C[C@H](OC(=O)N2CCC[C@@H](O)C2)C[C@@H]1c1nnc2cnc3c(n12)C=CC3. The van der Waals surface area contributed by atoms with Crippen LogP contribution < -0.4 is 0 Å². The molecule has 0 unspecified atom stereocenters. The van der Waals surface area contributed by atoms with Gasteiger partial charge in [-0.05, 0) is 37.7 Å². The largest absolute Gasteiger partial charge is 0.446 e. The van der Waals surface area contributed by atoms with Gasteiger partial charge in [0.05, 0.1) is 23.7 Å². The number of carbonyl (C=O) groups is 1. The molecule has 4 atom stereocenters. The van der Waals surface area contributed by atoms with E-state index in [0.29, 0.717) is 19.0 Å². The summed E-state index contributed by atoms with van der Waals surface area (Å²) < 4.78 is 7.99. The molecule has 0 aromatic carbocycles. The highest BCUT2D eigenvalue weighted by Crippen LogP contribution is 2.43. The lowest BCUT2D eigenvalue weighted by molar-refractivity contribution is 0.0292. The Bertz CT molecular complexity index is 955. The number of aromatic nitrogens is 4. The quantitative estimate of drug-likeness (QED) is 0.856. The second-order valence-electron chi connectivity index (χ2n) is 8.44. The minimum Gasteiger partial charge on any atom is -0.446 e. The fraction of sp³-hybridized carbons (Fsp3) is 0.619. The van der Waals surface area contributed by atoms with Crippen LogP contribution in [-0.4, -0.2) is 61.0 Å². The lowest BCUT2D eigenvalue weighted by Crippen LogP contribution is -2.43. The van der Waals surface area contributed by atoms with Crippen LogP contribution in [0.15, 0.2) is 12.3 Å². The van der Waals surface area contributed by atoms with Gasteiger partial charge in [-0.15, -0.1) is 10.2 Å². The van der Waals surface area contributed by atoms with Crippen LogP contribution >= 0.6 is 0 Å². The van der Waals surface area contributed by atoms with Gasteiger partial charge in [0.25, 0.3) is 0 Å². The number of amides is 1. The van der Waals surface area contributed by atoms with Crippen molar-refractivity contribution >= 4 is 17.8 Å². The van der Waals surface area contributed by atoms with Crippen molar-refractivity contribution in [1.82, 2.24) is 24.5 Å². The standard InChI is InChI=1S/C21H27N5O3/c1-2-13-9-15(29-21(28)25-8-4-5-14(27)12-25)10-16(13)20-24-23-19-11-22-17-6-3-7-18(17)26(19)20/h3,7,11,13-16,27H,2,4-6,8-10,12H2,1H3/t13-,14-,15+,16+/m1/s1. The Kier molecular flexibility index (Phi) is 4.73. The van der Waals surface area contributed by atoms with Gasteiger partial charge in [-0.25, -0.2) is 4.79 Å². The molecule has 154 valence electrons. The first-order chi connectivity index (χ1) is 14.1. The number of hydrogen-bond donors (Lipinski definition) is 1. The lowest BCUT2D eigenvalue weighted by Gasteiger charge is -2.30. The number of β-amino-alcohol motifs (C(OH)–C–C–N with tert-alkyl or cyclic N) is 1. The van der Waals surface area contributed by atoms with Gasteiger partial charge in [-0.1, -0.05) is 19.4 Å². The van der Waals surface area contributed by atoms with Crippen molar-refractivity contribution in [1.29, 1.82) is 0 Å². The number of nitrogens with zero attached hydrogens (tertiary/aromatic N) is 5. The Morgan fingerprint density at radius 1 is 1.34 bits per heavy atom. The molecule has 8 nitrogen and oxygen atoms in total. The molecule has 0 radical (unpaired) electrons. The van der Waals surface area contributed by atoms with Crippen molar-refractivity contribution in [3.8, 4) is 0 Å². The molecule has 29 heavy (non-hydrogen) atoms. The molecular formula is C21H27N5O3. The number of carbonyl (C=O) groups excluding carboxylic acids is 1. The van der Waals surface area contributed by atoms with Crippen molar-refractivity contribution in [2.24, 2.45) is 5.92 Å². The lowest BCUT2D eigenvalue weighted by atomic mass is 9.93. The van der Waals surface area contributed by atoms with Crippen molar-refractivity contribution < 1.29 is 14.6 Å². The summed E-state index contributed by atoms with van der Waals surface area (Å²) >= 11 is 0. The monoisotopic (exact) mass is 397 g/mol. The van der Waals surface area contributed by atoms with Crippen LogP contribution in [0.25, 0.3) is 11.7 Å². The number of hydrogen-bond acceptors (Lipinski definition) is 6. The van der Waals surface area contributed by atoms with E-state index in [1.54, 1.807) is 11.1 Å². The van der Waals surface area contributed by atoms with Gasteiger partial charge in [0.2, 0.25) is 0 Å². The van der Waals surface area contributed by atoms with E-state index in [1.807, 2.05) is 0 Å². The Hall–Kier alpha value is -2.48. The normalized spacial score (nSPS) is 28.8. The number of piperidine rings is 1. The van der Waals surface area contributed by atoms with Gasteiger partial charge in [0, 0.05) is 25.4 Å². The van der Waals surface area contributed by atoms with Crippen LogP contribution in [-0.2, 0) is 11.2 Å². The van der Waals surface area contributed by atoms with E-state index in [0.717, 1.165) is 61.4 Å². The average molecular weight is 397 g/mol. The average Bonchev–Trinajstić information content (AvgIpc) is 3.44. The minimum atomic E-state index is -0.442. The number of ether oxygens (including phenoxy) is 1. The van der Waals surface area contributed by atoms with E-state index >= 15 is 0 Å².